The van der Waals surface area contributed by atoms with Crippen LogP contribution in [0.1, 0.15) is 52.9 Å². The fourth-order valence-corrected chi connectivity index (χ4v) is 3.39. The first-order chi connectivity index (χ1) is 10.9. The predicted molar refractivity (Wildman–Crippen MR) is 88.4 cm³/mol. The highest BCUT2D eigenvalue weighted by Crippen LogP contribution is 2.34. The van der Waals surface area contributed by atoms with E-state index in [9.17, 15) is 14.4 Å². The van der Waals surface area contributed by atoms with Gasteiger partial charge in [0.15, 0.2) is 0 Å². The average molecular weight is 320 g/mol. The van der Waals surface area contributed by atoms with Gasteiger partial charge in [0, 0.05) is 6.04 Å². The molecule has 3 atom stereocenters. The lowest BCUT2D eigenvalue weighted by molar-refractivity contribution is -0.143. The van der Waals surface area contributed by atoms with E-state index >= 15 is 0 Å². The summed E-state index contributed by atoms with van der Waals surface area (Å²) in [6.45, 7) is 6.19. The Morgan fingerprint density at radius 2 is 1.70 bits per heavy atom. The van der Waals surface area contributed by atoms with Gasteiger partial charge < -0.3 is 5.32 Å². The standard InChI is InChI=1S/C18H28N2O3/c1-12(2)7-6-8-13(3)19-16(21)11-20-17(22)14-9-4-5-10-15(14)18(20)23/h4-5,12-15H,6-11H2,1-3H3,(H,19,21)/t13-,14-,15+/m1/s1. The largest absolute Gasteiger partial charge is 0.352 e. The van der Waals surface area contributed by atoms with Gasteiger partial charge in [0.05, 0.1) is 11.8 Å². The molecule has 23 heavy (non-hydrogen) atoms. The number of rotatable bonds is 7. The van der Waals surface area contributed by atoms with E-state index in [0.717, 1.165) is 24.2 Å². The van der Waals surface area contributed by atoms with Crippen molar-refractivity contribution in [1.29, 1.82) is 0 Å². The Kier molecular flexibility index (Phi) is 5.97. The number of hydrogen-bond donors (Lipinski definition) is 1. The first kappa shape index (κ1) is 17.7. The predicted octanol–water partition coefficient (Wildman–Crippen LogP) is 2.27. The number of hydrogen-bond acceptors (Lipinski definition) is 3. The Hall–Kier alpha value is -1.65. The Balaban J connectivity index is 1.81. The SMILES string of the molecule is CC(C)CCC[C@@H](C)NC(=O)CN1C(=O)[C@H]2CC=CC[C@H]2C1=O. The second-order valence-electron chi connectivity index (χ2n) is 7.21. The van der Waals surface area contributed by atoms with Crippen LogP contribution < -0.4 is 5.32 Å². The summed E-state index contributed by atoms with van der Waals surface area (Å²) in [6, 6.07) is 0.0676. The van der Waals surface area contributed by atoms with Gasteiger partial charge in [-0.1, -0.05) is 38.8 Å². The summed E-state index contributed by atoms with van der Waals surface area (Å²) in [7, 11) is 0. The van der Waals surface area contributed by atoms with Crippen LogP contribution in [0.4, 0.5) is 0 Å². The molecular weight excluding hydrogens is 292 g/mol. The molecule has 5 nitrogen and oxygen atoms in total. The second-order valence-corrected chi connectivity index (χ2v) is 7.21. The van der Waals surface area contributed by atoms with E-state index in [0.29, 0.717) is 18.8 Å². The van der Waals surface area contributed by atoms with Gasteiger partial charge in [-0.05, 0) is 32.1 Å². The highest BCUT2D eigenvalue weighted by Gasteiger charge is 2.47. The van der Waals surface area contributed by atoms with Crippen LogP contribution in [0.25, 0.3) is 0 Å². The van der Waals surface area contributed by atoms with Gasteiger partial charge in [-0.15, -0.1) is 0 Å². The first-order valence-corrected chi connectivity index (χ1v) is 8.69. The fraction of sp³-hybridized carbons (Fsp3) is 0.722. The molecule has 0 unspecified atom stereocenters. The molecule has 0 aromatic carbocycles. The highest BCUT2D eigenvalue weighted by atomic mass is 16.2. The van der Waals surface area contributed by atoms with E-state index in [-0.39, 0.29) is 42.1 Å². The number of carbonyl (C=O) groups excluding carboxylic acids is 3. The maximum absolute atomic E-state index is 12.3. The Morgan fingerprint density at radius 1 is 1.13 bits per heavy atom. The minimum atomic E-state index is -0.260. The third kappa shape index (κ3) is 4.43. The third-order valence-electron chi connectivity index (χ3n) is 4.73. The summed E-state index contributed by atoms with van der Waals surface area (Å²) in [6.07, 6.45) is 8.24. The number of likely N-dealkylation sites (tertiary alicyclic amines) is 1. The van der Waals surface area contributed by atoms with Gasteiger partial charge >= 0.3 is 0 Å². The Morgan fingerprint density at radius 3 is 2.22 bits per heavy atom. The molecule has 0 saturated carbocycles. The maximum atomic E-state index is 12.3. The van der Waals surface area contributed by atoms with Crippen LogP contribution in [0.3, 0.4) is 0 Å². The number of nitrogens with zero attached hydrogens (tertiary/aromatic N) is 1. The normalized spacial score (nSPS) is 25.0. The molecule has 128 valence electrons. The van der Waals surface area contributed by atoms with Crippen molar-refractivity contribution < 1.29 is 14.4 Å². The molecule has 3 amide bonds. The molecule has 1 heterocycles. The van der Waals surface area contributed by atoms with Crippen LogP contribution in [0.2, 0.25) is 0 Å². The van der Waals surface area contributed by atoms with Gasteiger partial charge in [-0.3, -0.25) is 19.3 Å². The van der Waals surface area contributed by atoms with Crippen LogP contribution in [0, 0.1) is 17.8 Å². The monoisotopic (exact) mass is 320 g/mol. The van der Waals surface area contributed by atoms with Gasteiger partial charge in [0.1, 0.15) is 6.54 Å². The fourth-order valence-electron chi connectivity index (χ4n) is 3.39. The van der Waals surface area contributed by atoms with Crippen LogP contribution in [-0.4, -0.2) is 35.2 Å². The number of allylic oxidation sites excluding steroid dienone is 2. The summed E-state index contributed by atoms with van der Waals surface area (Å²) >= 11 is 0. The van der Waals surface area contributed by atoms with Gasteiger partial charge in [-0.25, -0.2) is 0 Å². The molecule has 0 aromatic rings. The quantitative estimate of drug-likeness (QED) is 0.578. The number of amides is 3. The van der Waals surface area contributed by atoms with E-state index in [1.807, 2.05) is 19.1 Å². The molecule has 5 heteroatoms. The minimum absolute atomic E-state index is 0.0676. The topological polar surface area (TPSA) is 66.5 Å². The molecule has 0 radical (unpaired) electrons. The van der Waals surface area contributed by atoms with E-state index in [4.69, 9.17) is 0 Å². The van der Waals surface area contributed by atoms with Gasteiger partial charge in [-0.2, -0.15) is 0 Å². The van der Waals surface area contributed by atoms with E-state index in [2.05, 4.69) is 19.2 Å². The molecule has 2 rings (SSSR count). The van der Waals surface area contributed by atoms with Crippen LogP contribution in [0.5, 0.6) is 0 Å². The molecule has 1 aliphatic carbocycles. The van der Waals surface area contributed by atoms with Gasteiger partial charge in [0.25, 0.3) is 0 Å². The van der Waals surface area contributed by atoms with E-state index in [1.54, 1.807) is 0 Å². The van der Waals surface area contributed by atoms with Crippen molar-refractivity contribution in [3.8, 4) is 0 Å². The van der Waals surface area contributed by atoms with Crippen molar-refractivity contribution in [3.05, 3.63) is 12.2 Å². The Labute approximate surface area is 138 Å². The molecular formula is C18H28N2O3. The zero-order valence-corrected chi connectivity index (χ0v) is 14.4. The van der Waals surface area contributed by atoms with Crippen molar-refractivity contribution in [1.82, 2.24) is 10.2 Å². The van der Waals surface area contributed by atoms with Crippen molar-refractivity contribution >= 4 is 17.7 Å². The molecule has 0 bridgehead atoms. The lowest BCUT2D eigenvalue weighted by Gasteiger charge is -2.18. The van der Waals surface area contributed by atoms with E-state index in [1.165, 1.54) is 0 Å². The second kappa shape index (κ2) is 7.75. The van der Waals surface area contributed by atoms with Crippen molar-refractivity contribution in [2.75, 3.05) is 6.54 Å². The zero-order valence-electron chi connectivity index (χ0n) is 14.4. The zero-order chi connectivity index (χ0) is 17.0. The maximum Gasteiger partial charge on any atom is 0.240 e. The van der Waals surface area contributed by atoms with Crippen molar-refractivity contribution in [2.45, 2.75) is 58.9 Å². The number of imide groups is 1. The summed E-state index contributed by atoms with van der Waals surface area (Å²) in [5.74, 6) is -0.475. The van der Waals surface area contributed by atoms with E-state index < -0.39 is 0 Å². The first-order valence-electron chi connectivity index (χ1n) is 8.69. The highest BCUT2D eigenvalue weighted by molar-refractivity contribution is 6.07. The molecule has 1 saturated heterocycles. The third-order valence-corrected chi connectivity index (χ3v) is 4.73. The number of fused-ring (bicyclic) bond motifs is 1. The summed E-state index contributed by atoms with van der Waals surface area (Å²) < 4.78 is 0. The molecule has 1 fully saturated rings. The van der Waals surface area contributed by atoms with Crippen molar-refractivity contribution in [3.63, 3.8) is 0 Å². The molecule has 0 aromatic heterocycles. The Bertz CT molecular complexity index is 472. The summed E-state index contributed by atoms with van der Waals surface area (Å²) in [5, 5.41) is 2.90. The van der Waals surface area contributed by atoms with Crippen LogP contribution in [-0.2, 0) is 14.4 Å². The molecule has 2 aliphatic rings. The molecule has 1 N–H and O–H groups in total. The lowest BCUT2D eigenvalue weighted by atomic mass is 9.85. The summed E-state index contributed by atoms with van der Waals surface area (Å²) in [4.78, 5) is 37.9. The molecule has 1 aliphatic heterocycles. The van der Waals surface area contributed by atoms with Crippen LogP contribution >= 0.6 is 0 Å². The lowest BCUT2D eigenvalue weighted by Crippen LogP contribution is -2.43. The average Bonchev–Trinajstić information content (AvgIpc) is 2.72. The molecule has 0 spiro atoms. The summed E-state index contributed by atoms with van der Waals surface area (Å²) in [5.41, 5.74) is 0. The van der Waals surface area contributed by atoms with Gasteiger partial charge in [0.2, 0.25) is 17.7 Å². The minimum Gasteiger partial charge on any atom is -0.352 e. The van der Waals surface area contributed by atoms with Crippen LogP contribution in [0.15, 0.2) is 12.2 Å². The smallest absolute Gasteiger partial charge is 0.240 e. The number of nitrogens with one attached hydrogen (secondary N) is 1. The number of carbonyl (C=O) groups is 3. The van der Waals surface area contributed by atoms with Crippen molar-refractivity contribution in [2.24, 2.45) is 17.8 Å².